The van der Waals surface area contributed by atoms with E-state index in [2.05, 4.69) is 4.72 Å². The van der Waals surface area contributed by atoms with Gasteiger partial charge in [-0.3, -0.25) is 4.79 Å². The van der Waals surface area contributed by atoms with Gasteiger partial charge < -0.3 is 4.57 Å². The molecule has 0 aliphatic heterocycles. The highest BCUT2D eigenvalue weighted by Gasteiger charge is 2.16. The molecule has 0 aliphatic rings. The normalized spacial score (nSPS) is 11.6. The van der Waals surface area contributed by atoms with Gasteiger partial charge in [-0.25, -0.2) is 13.1 Å². The molecule has 1 aromatic carbocycles. The van der Waals surface area contributed by atoms with Crippen LogP contribution in [0.5, 0.6) is 0 Å². The van der Waals surface area contributed by atoms with Crippen LogP contribution in [0.15, 0.2) is 46.2 Å². The van der Waals surface area contributed by atoms with Crippen LogP contribution in [0.1, 0.15) is 5.56 Å². The Bertz CT molecular complexity index is 832. The van der Waals surface area contributed by atoms with E-state index in [1.165, 1.54) is 22.8 Å². The van der Waals surface area contributed by atoms with Gasteiger partial charge in [0.1, 0.15) is 0 Å². The van der Waals surface area contributed by atoms with Gasteiger partial charge in [0.15, 0.2) is 0 Å². The van der Waals surface area contributed by atoms with Gasteiger partial charge in [0.2, 0.25) is 10.0 Å². The predicted molar refractivity (Wildman–Crippen MR) is 82.2 cm³/mol. The Morgan fingerprint density at radius 2 is 1.90 bits per heavy atom. The minimum absolute atomic E-state index is 0.00958. The fourth-order valence-electron chi connectivity index (χ4n) is 1.69. The number of rotatable bonds is 4. The number of nitrogens with one attached hydrogen (secondary N) is 1. The van der Waals surface area contributed by atoms with Gasteiger partial charge in [-0.05, 0) is 24.3 Å². The van der Waals surface area contributed by atoms with E-state index in [9.17, 15) is 13.2 Å². The first-order valence-corrected chi connectivity index (χ1v) is 8.14. The number of aromatic nitrogens is 1. The van der Waals surface area contributed by atoms with E-state index in [1.54, 1.807) is 25.4 Å². The maximum absolute atomic E-state index is 12.1. The van der Waals surface area contributed by atoms with Crippen molar-refractivity contribution in [2.75, 3.05) is 0 Å². The molecule has 0 aliphatic carbocycles. The molecule has 21 heavy (non-hydrogen) atoms. The zero-order chi connectivity index (χ0) is 15.6. The van der Waals surface area contributed by atoms with E-state index >= 15 is 0 Å². The summed E-state index contributed by atoms with van der Waals surface area (Å²) in [6.07, 6.45) is 1.60. The van der Waals surface area contributed by atoms with Gasteiger partial charge in [0.25, 0.3) is 5.56 Å². The largest absolute Gasteiger partial charge is 0.318 e. The molecule has 112 valence electrons. The third-order valence-electron chi connectivity index (χ3n) is 2.86. The Balaban J connectivity index is 2.24. The average Bonchev–Trinajstić information content (AvgIpc) is 2.43. The summed E-state index contributed by atoms with van der Waals surface area (Å²) in [7, 11) is -2.17. The zero-order valence-electron chi connectivity index (χ0n) is 11.0. The number of halogens is 2. The summed E-state index contributed by atoms with van der Waals surface area (Å²) < 4.78 is 28.0. The summed E-state index contributed by atoms with van der Waals surface area (Å²) in [5, 5.41) is 0.419. The Labute approximate surface area is 132 Å². The number of benzene rings is 1. The second-order valence-electron chi connectivity index (χ2n) is 4.35. The number of aryl methyl sites for hydroxylation is 1. The van der Waals surface area contributed by atoms with Gasteiger partial charge in [-0.1, -0.05) is 29.3 Å². The molecule has 1 heterocycles. The maximum atomic E-state index is 12.1. The van der Waals surface area contributed by atoms with Crippen molar-refractivity contribution in [3.05, 3.63) is 62.5 Å². The number of pyridine rings is 1. The minimum Gasteiger partial charge on any atom is -0.318 e. The highest BCUT2D eigenvalue weighted by Crippen LogP contribution is 2.24. The Hall–Kier alpha value is -1.34. The molecule has 0 saturated heterocycles. The van der Waals surface area contributed by atoms with E-state index in [1.807, 2.05) is 0 Å². The molecule has 2 aromatic rings. The molecule has 8 heteroatoms. The van der Waals surface area contributed by atoms with Crippen molar-refractivity contribution in [2.45, 2.75) is 11.4 Å². The van der Waals surface area contributed by atoms with Crippen LogP contribution in [0.25, 0.3) is 0 Å². The second-order valence-corrected chi connectivity index (χ2v) is 6.93. The topological polar surface area (TPSA) is 68.2 Å². The molecule has 0 saturated carbocycles. The van der Waals surface area contributed by atoms with Crippen molar-refractivity contribution in [2.24, 2.45) is 7.05 Å². The van der Waals surface area contributed by atoms with Crippen LogP contribution < -0.4 is 10.3 Å². The summed E-state index contributed by atoms with van der Waals surface area (Å²) in [4.78, 5) is 11.8. The molecule has 0 spiro atoms. The van der Waals surface area contributed by atoms with Crippen molar-refractivity contribution >= 4 is 33.2 Å². The summed E-state index contributed by atoms with van der Waals surface area (Å²) in [5.41, 5.74) is 0.0953. The van der Waals surface area contributed by atoms with Crippen LogP contribution in [0.3, 0.4) is 0 Å². The highest BCUT2D eigenvalue weighted by atomic mass is 35.5. The van der Waals surface area contributed by atoms with E-state index in [0.29, 0.717) is 5.56 Å². The first kappa shape index (κ1) is 16.0. The fourth-order valence-corrected chi connectivity index (χ4v) is 3.08. The third kappa shape index (κ3) is 3.65. The molecule has 0 fully saturated rings. The van der Waals surface area contributed by atoms with Crippen molar-refractivity contribution in [1.82, 2.24) is 9.29 Å². The monoisotopic (exact) mass is 346 g/mol. The molecule has 0 atom stereocenters. The standard InChI is InChI=1S/C13H12Cl2N2O3S/c1-17-6-2-3-9(13(17)18)8-16-21(19,20)10-4-5-11(14)12(15)7-10/h2-7,16H,8H2,1H3. The predicted octanol–water partition coefficient (Wildman–Crippen LogP) is 2.17. The van der Waals surface area contributed by atoms with Gasteiger partial charge in [-0.2, -0.15) is 0 Å². The lowest BCUT2D eigenvalue weighted by molar-refractivity contribution is 0.580. The van der Waals surface area contributed by atoms with Crippen LogP contribution >= 0.6 is 23.2 Å². The van der Waals surface area contributed by atoms with E-state index in [-0.39, 0.29) is 27.0 Å². The molecule has 0 amide bonds. The quantitative estimate of drug-likeness (QED) is 0.922. The van der Waals surface area contributed by atoms with E-state index < -0.39 is 10.0 Å². The van der Waals surface area contributed by atoms with E-state index in [4.69, 9.17) is 23.2 Å². The maximum Gasteiger partial charge on any atom is 0.254 e. The highest BCUT2D eigenvalue weighted by molar-refractivity contribution is 7.89. The SMILES string of the molecule is Cn1cccc(CNS(=O)(=O)c2ccc(Cl)c(Cl)c2)c1=O. The van der Waals surface area contributed by atoms with Crippen LogP contribution in [-0.4, -0.2) is 13.0 Å². The lowest BCUT2D eigenvalue weighted by Crippen LogP contribution is -2.28. The third-order valence-corrected chi connectivity index (χ3v) is 4.99. The van der Waals surface area contributed by atoms with Crippen LogP contribution in [0.2, 0.25) is 10.0 Å². The van der Waals surface area contributed by atoms with Crippen molar-refractivity contribution in [1.29, 1.82) is 0 Å². The first-order valence-electron chi connectivity index (χ1n) is 5.90. The Kier molecular flexibility index (Phi) is 4.73. The van der Waals surface area contributed by atoms with Crippen LogP contribution in [-0.2, 0) is 23.6 Å². The lowest BCUT2D eigenvalue weighted by atomic mass is 10.3. The van der Waals surface area contributed by atoms with Crippen molar-refractivity contribution < 1.29 is 8.42 Å². The summed E-state index contributed by atoms with van der Waals surface area (Å²) in [6, 6.07) is 7.25. The molecular formula is C13H12Cl2N2O3S. The summed E-state index contributed by atoms with van der Waals surface area (Å²) in [5.74, 6) is 0. The van der Waals surface area contributed by atoms with Gasteiger partial charge in [0, 0.05) is 25.4 Å². The number of nitrogens with zero attached hydrogens (tertiary/aromatic N) is 1. The molecule has 1 aromatic heterocycles. The van der Waals surface area contributed by atoms with Gasteiger partial charge in [-0.15, -0.1) is 0 Å². The Morgan fingerprint density at radius 1 is 1.19 bits per heavy atom. The van der Waals surface area contributed by atoms with Crippen molar-refractivity contribution in [3.8, 4) is 0 Å². The average molecular weight is 347 g/mol. The number of hydrogen-bond acceptors (Lipinski definition) is 3. The number of sulfonamides is 1. The first-order chi connectivity index (χ1) is 9.81. The molecule has 0 unspecified atom stereocenters. The van der Waals surface area contributed by atoms with Crippen LogP contribution in [0, 0.1) is 0 Å². The van der Waals surface area contributed by atoms with E-state index in [0.717, 1.165) is 0 Å². The molecule has 0 bridgehead atoms. The Morgan fingerprint density at radius 3 is 2.57 bits per heavy atom. The molecular weight excluding hydrogens is 335 g/mol. The summed E-state index contributed by atoms with van der Waals surface area (Å²) >= 11 is 11.6. The number of hydrogen-bond donors (Lipinski definition) is 1. The zero-order valence-corrected chi connectivity index (χ0v) is 13.3. The van der Waals surface area contributed by atoms with Gasteiger partial charge in [0.05, 0.1) is 14.9 Å². The minimum atomic E-state index is -3.77. The fraction of sp³-hybridized carbons (Fsp3) is 0.154. The van der Waals surface area contributed by atoms with Crippen molar-refractivity contribution in [3.63, 3.8) is 0 Å². The van der Waals surface area contributed by atoms with Gasteiger partial charge >= 0.3 is 0 Å². The smallest absolute Gasteiger partial charge is 0.254 e. The van der Waals surface area contributed by atoms with Crippen LogP contribution in [0.4, 0.5) is 0 Å². The molecule has 2 rings (SSSR count). The second kappa shape index (κ2) is 6.19. The molecule has 1 N–H and O–H groups in total. The lowest BCUT2D eigenvalue weighted by Gasteiger charge is -2.08. The molecule has 5 nitrogen and oxygen atoms in total. The molecule has 0 radical (unpaired) electrons. The summed E-state index contributed by atoms with van der Waals surface area (Å²) in [6.45, 7) is -0.101.